The third-order valence-electron chi connectivity index (χ3n) is 3.99. The van der Waals surface area contributed by atoms with E-state index < -0.39 is 10.0 Å². The Labute approximate surface area is 122 Å². The zero-order valence-corrected chi connectivity index (χ0v) is 13.3. The summed E-state index contributed by atoms with van der Waals surface area (Å²) in [4.78, 5) is 0.402. The Hall–Kier alpha value is -0.910. The Morgan fingerprint density at radius 1 is 1.25 bits per heavy atom. The smallest absolute Gasteiger partial charge is 0.243 e. The van der Waals surface area contributed by atoms with Crippen molar-refractivity contribution in [2.75, 3.05) is 13.6 Å². The molecule has 1 saturated heterocycles. The van der Waals surface area contributed by atoms with E-state index in [1.54, 1.807) is 16.4 Å². The maximum Gasteiger partial charge on any atom is 0.243 e. The second kappa shape index (κ2) is 6.24. The standard InChI is InChI=1S/C15H24N2O2S/c1-12-8-9-17(13(2)10-12)20(18,19)15-6-4-14(5-7-15)11-16-3/h4-7,12-13,16H,8-11H2,1-3H3. The first-order chi connectivity index (χ1) is 9.45. The fourth-order valence-corrected chi connectivity index (χ4v) is 4.52. The van der Waals surface area contributed by atoms with Gasteiger partial charge in [-0.1, -0.05) is 19.1 Å². The van der Waals surface area contributed by atoms with Crippen LogP contribution in [0.3, 0.4) is 0 Å². The number of nitrogens with zero attached hydrogens (tertiary/aromatic N) is 1. The maximum absolute atomic E-state index is 12.7. The number of hydrogen-bond acceptors (Lipinski definition) is 3. The SMILES string of the molecule is CNCc1ccc(S(=O)(=O)N2CCC(C)CC2C)cc1. The number of nitrogens with one attached hydrogen (secondary N) is 1. The molecule has 0 radical (unpaired) electrons. The van der Waals surface area contributed by atoms with Crippen molar-refractivity contribution in [3.63, 3.8) is 0 Å². The summed E-state index contributed by atoms with van der Waals surface area (Å²) in [5, 5.41) is 3.06. The lowest BCUT2D eigenvalue weighted by atomic mass is 9.95. The molecule has 0 aliphatic carbocycles. The minimum Gasteiger partial charge on any atom is -0.316 e. The second-order valence-corrected chi connectivity index (χ2v) is 7.66. The zero-order chi connectivity index (χ0) is 14.8. The fourth-order valence-electron chi connectivity index (χ4n) is 2.86. The van der Waals surface area contributed by atoms with Crippen LogP contribution in [0.4, 0.5) is 0 Å². The van der Waals surface area contributed by atoms with Gasteiger partial charge in [-0.2, -0.15) is 4.31 Å². The molecular weight excluding hydrogens is 272 g/mol. The van der Waals surface area contributed by atoms with Crippen LogP contribution < -0.4 is 5.32 Å². The Balaban J connectivity index is 2.21. The minimum atomic E-state index is -3.35. The first-order valence-corrected chi connectivity index (χ1v) is 8.64. The normalized spacial score (nSPS) is 24.8. The van der Waals surface area contributed by atoms with Gasteiger partial charge < -0.3 is 5.32 Å². The lowest BCUT2D eigenvalue weighted by Gasteiger charge is -2.35. The number of rotatable bonds is 4. The summed E-state index contributed by atoms with van der Waals surface area (Å²) in [6, 6.07) is 7.27. The van der Waals surface area contributed by atoms with Gasteiger partial charge in [0.25, 0.3) is 0 Å². The molecule has 1 aliphatic rings. The van der Waals surface area contributed by atoms with Crippen molar-refractivity contribution in [1.29, 1.82) is 0 Å². The van der Waals surface area contributed by atoms with Crippen LogP contribution in [0, 0.1) is 5.92 Å². The van der Waals surface area contributed by atoms with E-state index in [1.165, 1.54) is 0 Å². The summed E-state index contributed by atoms with van der Waals surface area (Å²) >= 11 is 0. The van der Waals surface area contributed by atoms with E-state index in [2.05, 4.69) is 12.2 Å². The van der Waals surface area contributed by atoms with Crippen LogP contribution in [0.2, 0.25) is 0 Å². The molecule has 0 amide bonds. The molecule has 1 fully saturated rings. The highest BCUT2D eigenvalue weighted by Gasteiger charge is 2.32. The van der Waals surface area contributed by atoms with E-state index in [1.807, 2.05) is 26.1 Å². The van der Waals surface area contributed by atoms with Crippen molar-refractivity contribution in [2.45, 2.75) is 44.2 Å². The summed E-state index contributed by atoms with van der Waals surface area (Å²) in [6.07, 6.45) is 1.89. The van der Waals surface area contributed by atoms with Crippen LogP contribution in [0.15, 0.2) is 29.2 Å². The van der Waals surface area contributed by atoms with Gasteiger partial charge in [0.1, 0.15) is 0 Å². The highest BCUT2D eigenvalue weighted by atomic mass is 32.2. The van der Waals surface area contributed by atoms with Crippen LogP contribution in [0.5, 0.6) is 0 Å². The first kappa shape index (κ1) is 15.5. The Morgan fingerprint density at radius 2 is 1.90 bits per heavy atom. The number of sulfonamides is 1. The second-order valence-electron chi connectivity index (χ2n) is 5.77. The van der Waals surface area contributed by atoms with Gasteiger partial charge in [-0.05, 0) is 50.4 Å². The number of benzene rings is 1. The van der Waals surface area contributed by atoms with E-state index in [0.29, 0.717) is 17.4 Å². The summed E-state index contributed by atoms with van der Waals surface area (Å²) in [5.74, 6) is 0.606. The molecule has 1 aliphatic heterocycles. The Bertz CT molecular complexity index is 539. The van der Waals surface area contributed by atoms with E-state index in [4.69, 9.17) is 0 Å². The molecule has 4 nitrogen and oxygen atoms in total. The molecule has 0 aromatic heterocycles. The van der Waals surface area contributed by atoms with Crippen molar-refractivity contribution >= 4 is 10.0 Å². The van der Waals surface area contributed by atoms with Crippen molar-refractivity contribution < 1.29 is 8.42 Å². The predicted octanol–water partition coefficient (Wildman–Crippen LogP) is 2.22. The van der Waals surface area contributed by atoms with Crippen LogP contribution in [-0.4, -0.2) is 32.4 Å². The molecular formula is C15H24N2O2S. The Kier molecular flexibility index (Phi) is 4.83. The summed E-state index contributed by atoms with van der Waals surface area (Å²) in [7, 11) is -1.48. The lowest BCUT2D eigenvalue weighted by molar-refractivity contribution is 0.220. The van der Waals surface area contributed by atoms with Crippen LogP contribution in [0.1, 0.15) is 32.3 Å². The number of piperidine rings is 1. The monoisotopic (exact) mass is 296 g/mol. The zero-order valence-electron chi connectivity index (χ0n) is 12.5. The van der Waals surface area contributed by atoms with Gasteiger partial charge in [-0.15, -0.1) is 0 Å². The molecule has 1 aromatic rings. The largest absolute Gasteiger partial charge is 0.316 e. The summed E-state index contributed by atoms with van der Waals surface area (Å²) in [5.41, 5.74) is 1.09. The molecule has 2 rings (SSSR count). The first-order valence-electron chi connectivity index (χ1n) is 7.20. The highest BCUT2D eigenvalue weighted by Crippen LogP contribution is 2.28. The van der Waals surface area contributed by atoms with Gasteiger partial charge in [-0.3, -0.25) is 0 Å². The molecule has 0 bridgehead atoms. The highest BCUT2D eigenvalue weighted by molar-refractivity contribution is 7.89. The predicted molar refractivity (Wildman–Crippen MR) is 81.0 cm³/mol. The van der Waals surface area contributed by atoms with Gasteiger partial charge in [0.2, 0.25) is 10.0 Å². The van der Waals surface area contributed by atoms with E-state index in [0.717, 1.165) is 24.9 Å². The van der Waals surface area contributed by atoms with Crippen molar-refractivity contribution in [1.82, 2.24) is 9.62 Å². The van der Waals surface area contributed by atoms with Gasteiger partial charge in [0, 0.05) is 19.1 Å². The molecule has 0 spiro atoms. The summed E-state index contributed by atoms with van der Waals surface area (Å²) in [6.45, 7) is 5.57. The van der Waals surface area contributed by atoms with E-state index in [-0.39, 0.29) is 6.04 Å². The number of hydrogen-bond donors (Lipinski definition) is 1. The molecule has 112 valence electrons. The van der Waals surface area contributed by atoms with E-state index >= 15 is 0 Å². The topological polar surface area (TPSA) is 49.4 Å². The van der Waals surface area contributed by atoms with Gasteiger partial charge in [0.05, 0.1) is 4.90 Å². The van der Waals surface area contributed by atoms with Crippen molar-refractivity contribution in [3.05, 3.63) is 29.8 Å². The molecule has 20 heavy (non-hydrogen) atoms. The molecule has 1 aromatic carbocycles. The third-order valence-corrected chi connectivity index (χ3v) is 6.02. The average Bonchev–Trinajstić information content (AvgIpc) is 2.39. The van der Waals surface area contributed by atoms with Gasteiger partial charge in [-0.25, -0.2) is 8.42 Å². The molecule has 2 atom stereocenters. The lowest BCUT2D eigenvalue weighted by Crippen LogP contribution is -2.44. The van der Waals surface area contributed by atoms with E-state index in [9.17, 15) is 8.42 Å². The summed E-state index contributed by atoms with van der Waals surface area (Å²) < 4.78 is 27.0. The molecule has 0 saturated carbocycles. The fraction of sp³-hybridized carbons (Fsp3) is 0.600. The quantitative estimate of drug-likeness (QED) is 0.927. The van der Waals surface area contributed by atoms with Crippen molar-refractivity contribution in [3.8, 4) is 0 Å². The molecule has 2 unspecified atom stereocenters. The van der Waals surface area contributed by atoms with Crippen LogP contribution >= 0.6 is 0 Å². The van der Waals surface area contributed by atoms with Gasteiger partial charge >= 0.3 is 0 Å². The van der Waals surface area contributed by atoms with Crippen LogP contribution in [-0.2, 0) is 16.6 Å². The van der Waals surface area contributed by atoms with Gasteiger partial charge in [0.15, 0.2) is 0 Å². The van der Waals surface area contributed by atoms with Crippen LogP contribution in [0.25, 0.3) is 0 Å². The molecule has 5 heteroatoms. The molecule has 1 N–H and O–H groups in total. The van der Waals surface area contributed by atoms with Crippen molar-refractivity contribution in [2.24, 2.45) is 5.92 Å². The minimum absolute atomic E-state index is 0.0840. The Morgan fingerprint density at radius 3 is 2.45 bits per heavy atom. The average molecular weight is 296 g/mol. The maximum atomic E-state index is 12.7. The molecule has 1 heterocycles. The third kappa shape index (κ3) is 3.22.